The Labute approximate surface area is 416 Å². The standard InChI is InChI=1S/C49H26F6N4O13S2.CH4/c1-22-17-27(9-16-38(22)74(70,71)72)59-45(66)36-20-34-35(21-37(36)46(59)67)44(65)58(43(34)64)26-7-12-29(13-8-26)73(68,69)28-10-5-25(6-11-28)57-41(62)31-15-4-24(19-33(31)42(57)63)47(48(50,51)52,49(53,54)55)23-3-14-30-32(18-23)40(61)56(2)39(30)60;/h3-21H,1-2H3,(H,70,71,72);1H4. The molecule has 0 fully saturated rings. The van der Waals surface area contributed by atoms with Gasteiger partial charge in [0.15, 0.2) is 0 Å². The molecule has 0 saturated carbocycles. The zero-order valence-corrected chi connectivity index (χ0v) is 38.8. The molecule has 0 saturated heterocycles. The van der Waals surface area contributed by atoms with E-state index in [0.717, 1.165) is 79.8 Å². The topological polar surface area (TPSA) is 241 Å². The van der Waals surface area contributed by atoms with E-state index >= 15 is 26.3 Å². The maximum atomic E-state index is 15.1. The molecule has 6 aromatic carbocycles. The third-order valence-electron chi connectivity index (χ3n) is 13.1. The van der Waals surface area contributed by atoms with Gasteiger partial charge in [-0.15, -0.1) is 0 Å². The summed E-state index contributed by atoms with van der Waals surface area (Å²) >= 11 is 0. The highest BCUT2D eigenvalue weighted by Gasteiger charge is 2.73. The maximum Gasteiger partial charge on any atom is 0.411 e. The van der Waals surface area contributed by atoms with Gasteiger partial charge in [0.25, 0.3) is 56.0 Å². The molecule has 4 heterocycles. The van der Waals surface area contributed by atoms with Crippen LogP contribution in [0.5, 0.6) is 0 Å². The van der Waals surface area contributed by atoms with Crippen LogP contribution in [0.2, 0.25) is 0 Å². The molecular formula is C50H30F6N4O13S2. The van der Waals surface area contributed by atoms with E-state index in [1.165, 1.54) is 13.0 Å². The first-order chi connectivity index (χ1) is 34.5. The van der Waals surface area contributed by atoms with Gasteiger partial charge in [-0.2, -0.15) is 34.8 Å². The quantitative estimate of drug-likeness (QED) is 0.0992. The third-order valence-corrected chi connectivity index (χ3v) is 15.9. The summed E-state index contributed by atoms with van der Waals surface area (Å²) in [6.45, 7) is 1.32. The summed E-state index contributed by atoms with van der Waals surface area (Å²) in [7, 11) is -8.13. The lowest BCUT2D eigenvalue weighted by Crippen LogP contribution is -2.55. The largest absolute Gasteiger partial charge is 0.411 e. The molecular weight excluding hydrogens is 1040 g/mol. The summed E-state index contributed by atoms with van der Waals surface area (Å²) in [6, 6.07) is 16.1. The Balaban J connectivity index is 0.00000689. The lowest BCUT2D eigenvalue weighted by atomic mass is 9.71. The van der Waals surface area contributed by atoms with E-state index in [1.807, 2.05) is 0 Å². The lowest BCUT2D eigenvalue weighted by molar-refractivity contribution is -0.288. The Morgan fingerprint density at radius 1 is 0.453 bits per heavy atom. The van der Waals surface area contributed by atoms with Crippen molar-refractivity contribution in [1.82, 2.24) is 14.0 Å². The van der Waals surface area contributed by atoms with Gasteiger partial charge in [0, 0.05) is 7.05 Å². The Kier molecular flexibility index (Phi) is 11.4. The fourth-order valence-corrected chi connectivity index (χ4v) is 11.4. The minimum atomic E-state index is -6.19. The van der Waals surface area contributed by atoms with Crippen LogP contribution in [0.1, 0.15) is 65.5 Å². The summed E-state index contributed by atoms with van der Waals surface area (Å²) in [5, 5.41) is -1.07. The molecule has 25 heteroatoms. The average Bonchev–Trinajstić information content (AvgIpc) is 3.94. The Morgan fingerprint density at radius 3 is 1.25 bits per heavy atom. The van der Waals surface area contributed by atoms with Crippen molar-refractivity contribution in [3.63, 3.8) is 0 Å². The second kappa shape index (κ2) is 16.7. The number of anilines is 1. The fourth-order valence-electron chi connectivity index (χ4n) is 9.47. The molecule has 0 aliphatic carbocycles. The molecule has 10 rings (SSSR count). The molecule has 1 N–H and O–H groups in total. The van der Waals surface area contributed by atoms with Crippen molar-refractivity contribution in [2.24, 2.45) is 0 Å². The number of alkyl halides is 6. The molecule has 0 bridgehead atoms. The smallest absolute Gasteiger partial charge is 0.282 e. The van der Waals surface area contributed by atoms with Gasteiger partial charge in [0.2, 0.25) is 15.3 Å². The second-order valence-corrected chi connectivity index (χ2v) is 20.5. The van der Waals surface area contributed by atoms with Crippen LogP contribution in [-0.4, -0.2) is 78.5 Å². The lowest BCUT2D eigenvalue weighted by Gasteiger charge is -2.38. The number of benzene rings is 6. The van der Waals surface area contributed by atoms with Crippen LogP contribution in [-0.2, 0) is 25.4 Å². The van der Waals surface area contributed by atoms with Crippen molar-refractivity contribution in [3.05, 3.63) is 196 Å². The van der Waals surface area contributed by atoms with E-state index < -0.39 is 132 Å². The minimum absolute atomic E-state index is 0. The number of hydrogen-bond donors (Lipinski definition) is 1. The summed E-state index contributed by atoms with van der Waals surface area (Å²) in [4.78, 5) is 106. The van der Waals surface area contributed by atoms with Gasteiger partial charge < -0.3 is 0 Å². The second-order valence-electron chi connectivity index (χ2n) is 17.1. The van der Waals surface area contributed by atoms with Gasteiger partial charge in [0.1, 0.15) is 0 Å². The highest BCUT2D eigenvalue weighted by Crippen LogP contribution is 2.57. The Hall–Kier alpha value is -8.68. The third kappa shape index (κ3) is 7.23. The number of aryl methyl sites for hydroxylation is 1. The molecule has 17 nitrogen and oxygen atoms in total. The fraction of sp³-hybridized carbons (Fsp3) is 0.120. The molecule has 0 radical (unpaired) electrons. The molecule has 8 aromatic rings. The van der Waals surface area contributed by atoms with Crippen molar-refractivity contribution in [3.8, 4) is 11.4 Å². The number of rotatable bonds is 8. The van der Waals surface area contributed by atoms with Crippen LogP contribution in [0.15, 0.2) is 149 Å². The van der Waals surface area contributed by atoms with Gasteiger partial charge >= 0.3 is 12.4 Å². The van der Waals surface area contributed by atoms with Crippen LogP contribution in [0.4, 0.5) is 32.0 Å². The van der Waals surface area contributed by atoms with Crippen molar-refractivity contribution in [1.29, 1.82) is 0 Å². The number of aromatic nitrogens is 2. The van der Waals surface area contributed by atoms with E-state index in [0.29, 0.717) is 49.3 Å². The van der Waals surface area contributed by atoms with Gasteiger partial charge in [-0.05, 0) is 127 Å². The molecule has 0 spiro atoms. The molecule has 2 aliphatic rings. The number of amides is 4. The van der Waals surface area contributed by atoms with Crippen LogP contribution in [0.3, 0.4) is 0 Å². The SMILES string of the molecule is C.Cc1cc(-n2c(=O)c3cc4c(=O)n(-c5ccc(S(=O)(=O)c6ccc(N7C(=O)c8ccc(C(c9ccc%10c(c9)C(=O)N(C)C%10=O)(C(F)(F)F)C(F)(F)F)cc8C7=O)cc6)cc5)c(=O)c4cc3c2=O)ccc1S(=O)(=O)O. The number of nitrogens with zero attached hydrogens (tertiary/aromatic N) is 4. The monoisotopic (exact) mass is 1070 g/mol. The molecule has 0 atom stereocenters. The van der Waals surface area contributed by atoms with Crippen molar-refractivity contribution in [2.75, 3.05) is 11.9 Å². The van der Waals surface area contributed by atoms with Crippen LogP contribution in [0, 0.1) is 6.92 Å². The van der Waals surface area contributed by atoms with E-state index in [4.69, 9.17) is 0 Å². The Bertz CT molecular complexity index is 4270. The first kappa shape index (κ1) is 51.2. The first-order valence-corrected chi connectivity index (χ1v) is 24.1. The number of halogens is 6. The van der Waals surface area contributed by atoms with Crippen LogP contribution >= 0.6 is 0 Å². The van der Waals surface area contributed by atoms with Crippen molar-refractivity contribution >= 4 is 70.8 Å². The summed E-state index contributed by atoms with van der Waals surface area (Å²) in [5.41, 5.74) is -14.8. The van der Waals surface area contributed by atoms with Crippen molar-refractivity contribution < 1.29 is 66.9 Å². The number of hydrogen-bond acceptors (Lipinski definition) is 12. The highest BCUT2D eigenvalue weighted by molar-refractivity contribution is 7.91. The van der Waals surface area contributed by atoms with Crippen LogP contribution < -0.4 is 27.1 Å². The van der Waals surface area contributed by atoms with Crippen LogP contribution in [0.25, 0.3) is 32.9 Å². The van der Waals surface area contributed by atoms with E-state index in [-0.39, 0.29) is 57.7 Å². The first-order valence-electron chi connectivity index (χ1n) is 21.1. The Morgan fingerprint density at radius 2 is 0.827 bits per heavy atom. The molecule has 2 aromatic heterocycles. The van der Waals surface area contributed by atoms with Crippen molar-refractivity contribution in [2.45, 2.75) is 46.8 Å². The number of carbonyl (C=O) groups excluding carboxylic acids is 4. The van der Waals surface area contributed by atoms with Gasteiger partial charge in [-0.25, -0.2) is 22.5 Å². The van der Waals surface area contributed by atoms with E-state index in [2.05, 4.69) is 0 Å². The zero-order valence-electron chi connectivity index (χ0n) is 37.2. The normalized spacial score (nSPS) is 14.3. The molecule has 0 unspecified atom stereocenters. The van der Waals surface area contributed by atoms with E-state index in [9.17, 15) is 59.7 Å². The summed E-state index contributed by atoms with van der Waals surface area (Å²) in [6.07, 6.45) is -12.4. The predicted octanol–water partition coefficient (Wildman–Crippen LogP) is 6.35. The van der Waals surface area contributed by atoms with Gasteiger partial charge in [0.05, 0.1) is 75.5 Å². The van der Waals surface area contributed by atoms with E-state index in [1.54, 1.807) is 0 Å². The molecule has 2 aliphatic heterocycles. The molecule has 4 amide bonds. The predicted molar refractivity (Wildman–Crippen MR) is 254 cm³/mol. The minimum Gasteiger partial charge on any atom is -0.282 e. The van der Waals surface area contributed by atoms with Gasteiger partial charge in [-0.3, -0.25) is 47.8 Å². The number of sulfone groups is 1. The maximum absolute atomic E-state index is 15.1. The highest BCUT2D eigenvalue weighted by atomic mass is 32.2. The number of fused-ring (bicyclic) bond motifs is 4. The summed E-state index contributed by atoms with van der Waals surface area (Å²) in [5.74, 6) is -4.67. The molecule has 75 heavy (non-hydrogen) atoms. The summed E-state index contributed by atoms with van der Waals surface area (Å²) < 4.78 is 153. The zero-order chi connectivity index (χ0) is 53.7. The average molecular weight is 1070 g/mol. The van der Waals surface area contributed by atoms with Gasteiger partial charge in [-0.1, -0.05) is 19.6 Å². The number of imide groups is 2. The molecule has 382 valence electrons. The number of carbonyl (C=O) groups is 4.